The van der Waals surface area contributed by atoms with Crippen molar-refractivity contribution >= 4 is 22.5 Å². The van der Waals surface area contributed by atoms with Gasteiger partial charge in [0.05, 0.1) is 5.52 Å². The lowest BCUT2D eigenvalue weighted by Gasteiger charge is -1.96. The van der Waals surface area contributed by atoms with Crippen molar-refractivity contribution in [3.63, 3.8) is 0 Å². The van der Waals surface area contributed by atoms with E-state index in [1.807, 2.05) is 0 Å². The molecule has 68 valence electrons. The molecule has 2 nitrogen and oxygen atoms in total. The van der Waals surface area contributed by atoms with E-state index in [0.717, 1.165) is 10.9 Å². The molecule has 1 aromatic carbocycles. The van der Waals surface area contributed by atoms with E-state index in [2.05, 4.69) is 4.98 Å². The molecule has 0 aliphatic heterocycles. The first-order chi connectivity index (χ1) is 6.22. The summed E-state index contributed by atoms with van der Waals surface area (Å²) in [7, 11) is 0. The fraction of sp³-hybridized carbons (Fsp3) is 0.111. The van der Waals surface area contributed by atoms with Crippen molar-refractivity contribution in [1.29, 1.82) is 0 Å². The van der Waals surface area contributed by atoms with Crippen molar-refractivity contribution in [1.82, 2.24) is 4.98 Å². The van der Waals surface area contributed by atoms with Crippen LogP contribution in [0.3, 0.4) is 0 Å². The molecule has 2 rings (SSSR count). The molecule has 0 atom stereocenters. The van der Waals surface area contributed by atoms with Gasteiger partial charge >= 0.3 is 0 Å². The molecule has 1 aromatic heterocycles. The second kappa shape index (κ2) is 3.01. The van der Waals surface area contributed by atoms with Crippen molar-refractivity contribution in [2.75, 3.05) is 0 Å². The number of hydrogen-bond acceptors (Lipinski definition) is 1. The molecule has 4 heteroatoms. The summed E-state index contributed by atoms with van der Waals surface area (Å²) in [5, 5.41) is 1.15. The highest BCUT2D eigenvalue weighted by Crippen LogP contribution is 2.24. The monoisotopic (exact) mass is 198 g/mol. The highest BCUT2D eigenvalue weighted by Gasteiger charge is 2.07. The van der Waals surface area contributed by atoms with Gasteiger partial charge in [0.25, 0.3) is 0 Å². The third-order valence-electron chi connectivity index (χ3n) is 2.01. The molecule has 0 aliphatic rings. The summed E-state index contributed by atoms with van der Waals surface area (Å²) in [5.74, 6) is -0.345. The van der Waals surface area contributed by atoms with Gasteiger partial charge in [0.2, 0.25) is 0 Å². The third kappa shape index (κ3) is 1.30. The van der Waals surface area contributed by atoms with Crippen LogP contribution in [0.2, 0.25) is 5.02 Å². The molecule has 0 bridgehead atoms. The molecule has 0 saturated carbocycles. The predicted molar refractivity (Wildman–Crippen MR) is 51.2 cm³/mol. The van der Waals surface area contributed by atoms with Crippen LogP contribution in [0.4, 0.5) is 4.39 Å². The minimum atomic E-state index is -0.345. The van der Waals surface area contributed by atoms with Crippen molar-refractivity contribution in [3.05, 3.63) is 34.7 Å². The van der Waals surface area contributed by atoms with Crippen LogP contribution < -0.4 is 5.73 Å². The average Bonchev–Trinajstić information content (AvgIpc) is 2.47. The lowest BCUT2D eigenvalue weighted by molar-refractivity contribution is 0.637. The van der Waals surface area contributed by atoms with Crippen molar-refractivity contribution in [3.8, 4) is 0 Å². The Morgan fingerprint density at radius 2 is 2.23 bits per heavy atom. The van der Waals surface area contributed by atoms with E-state index in [4.69, 9.17) is 17.3 Å². The van der Waals surface area contributed by atoms with Crippen LogP contribution in [-0.2, 0) is 6.54 Å². The standard InChI is InChI=1S/C9H8ClFN2/c10-6-1-7-5(3-12)4-13-9(7)8(11)2-6/h1-2,4,13H,3,12H2. The number of hydrogen-bond donors (Lipinski definition) is 2. The average molecular weight is 199 g/mol. The predicted octanol–water partition coefficient (Wildman–Crippen LogP) is 2.42. The molecule has 0 fully saturated rings. The van der Waals surface area contributed by atoms with Gasteiger partial charge in [0.1, 0.15) is 5.82 Å². The van der Waals surface area contributed by atoms with E-state index in [1.165, 1.54) is 6.07 Å². The molecular formula is C9H8ClFN2. The van der Waals surface area contributed by atoms with Gasteiger partial charge in [-0.3, -0.25) is 0 Å². The largest absolute Gasteiger partial charge is 0.358 e. The molecular weight excluding hydrogens is 191 g/mol. The quantitative estimate of drug-likeness (QED) is 0.726. The molecule has 13 heavy (non-hydrogen) atoms. The zero-order valence-electron chi connectivity index (χ0n) is 6.77. The second-order valence-corrected chi connectivity index (χ2v) is 3.26. The van der Waals surface area contributed by atoms with Gasteiger partial charge in [-0.1, -0.05) is 11.6 Å². The lowest BCUT2D eigenvalue weighted by atomic mass is 10.2. The Morgan fingerprint density at radius 1 is 1.46 bits per heavy atom. The van der Waals surface area contributed by atoms with E-state index >= 15 is 0 Å². The molecule has 3 N–H and O–H groups in total. The minimum Gasteiger partial charge on any atom is -0.358 e. The van der Waals surface area contributed by atoms with Crippen LogP contribution in [0.25, 0.3) is 10.9 Å². The Kier molecular flexibility index (Phi) is 1.98. The SMILES string of the molecule is NCc1c[nH]c2c(F)cc(Cl)cc12. The van der Waals surface area contributed by atoms with Crippen molar-refractivity contribution in [2.24, 2.45) is 5.73 Å². The highest BCUT2D eigenvalue weighted by molar-refractivity contribution is 6.31. The van der Waals surface area contributed by atoms with Crippen LogP contribution in [0.1, 0.15) is 5.56 Å². The van der Waals surface area contributed by atoms with Crippen molar-refractivity contribution < 1.29 is 4.39 Å². The maximum absolute atomic E-state index is 13.2. The van der Waals surface area contributed by atoms with Gasteiger partial charge in [-0.05, 0) is 17.7 Å². The second-order valence-electron chi connectivity index (χ2n) is 2.83. The number of aromatic nitrogens is 1. The first-order valence-corrected chi connectivity index (χ1v) is 4.25. The highest BCUT2D eigenvalue weighted by atomic mass is 35.5. The van der Waals surface area contributed by atoms with Crippen molar-refractivity contribution in [2.45, 2.75) is 6.54 Å². The number of nitrogens with two attached hydrogens (primary N) is 1. The molecule has 0 saturated heterocycles. The number of aromatic amines is 1. The molecule has 0 spiro atoms. The molecule has 0 aliphatic carbocycles. The normalized spacial score (nSPS) is 11.0. The van der Waals surface area contributed by atoms with Crippen LogP contribution in [0.15, 0.2) is 18.3 Å². The fourth-order valence-electron chi connectivity index (χ4n) is 1.38. The summed E-state index contributed by atoms with van der Waals surface area (Å²) in [4.78, 5) is 2.82. The smallest absolute Gasteiger partial charge is 0.148 e. The first-order valence-electron chi connectivity index (χ1n) is 3.87. The number of benzene rings is 1. The summed E-state index contributed by atoms with van der Waals surface area (Å²) in [6.45, 7) is 0.375. The van der Waals surface area contributed by atoms with E-state index < -0.39 is 0 Å². The topological polar surface area (TPSA) is 41.8 Å². The maximum Gasteiger partial charge on any atom is 0.148 e. The van der Waals surface area contributed by atoms with Gasteiger partial charge in [-0.2, -0.15) is 0 Å². The maximum atomic E-state index is 13.2. The molecule has 0 amide bonds. The Balaban J connectivity index is 2.82. The fourth-order valence-corrected chi connectivity index (χ4v) is 1.58. The Morgan fingerprint density at radius 3 is 2.92 bits per heavy atom. The van der Waals surface area contributed by atoms with Gasteiger partial charge < -0.3 is 10.7 Å². The van der Waals surface area contributed by atoms with Gasteiger partial charge in [0.15, 0.2) is 0 Å². The molecule has 2 aromatic rings. The molecule has 0 radical (unpaired) electrons. The summed E-state index contributed by atoms with van der Waals surface area (Å²) in [6.07, 6.45) is 1.70. The Labute approximate surface area is 79.5 Å². The van der Waals surface area contributed by atoms with Gasteiger partial charge in [0, 0.05) is 23.2 Å². The minimum absolute atomic E-state index is 0.345. The summed E-state index contributed by atoms with van der Waals surface area (Å²) < 4.78 is 13.2. The Bertz CT molecular complexity index is 450. The van der Waals surface area contributed by atoms with E-state index in [9.17, 15) is 4.39 Å². The number of H-pyrrole nitrogens is 1. The summed E-state index contributed by atoms with van der Waals surface area (Å²) in [6, 6.07) is 2.99. The van der Waals surface area contributed by atoms with E-state index in [1.54, 1.807) is 12.3 Å². The van der Waals surface area contributed by atoms with Crippen LogP contribution in [-0.4, -0.2) is 4.98 Å². The zero-order valence-corrected chi connectivity index (χ0v) is 7.53. The van der Waals surface area contributed by atoms with Crippen LogP contribution in [0, 0.1) is 5.82 Å². The molecule has 1 heterocycles. The van der Waals surface area contributed by atoms with Crippen LogP contribution in [0.5, 0.6) is 0 Å². The number of rotatable bonds is 1. The molecule has 0 unspecified atom stereocenters. The zero-order chi connectivity index (χ0) is 9.42. The van der Waals surface area contributed by atoms with Gasteiger partial charge in [-0.15, -0.1) is 0 Å². The lowest BCUT2D eigenvalue weighted by Crippen LogP contribution is -1.94. The third-order valence-corrected chi connectivity index (χ3v) is 2.23. The van der Waals surface area contributed by atoms with E-state index in [-0.39, 0.29) is 5.82 Å². The Hall–Kier alpha value is -1.06. The van der Waals surface area contributed by atoms with Gasteiger partial charge in [-0.25, -0.2) is 4.39 Å². The first kappa shape index (κ1) is 8.53. The summed E-state index contributed by atoms with van der Waals surface area (Å²) in [5.41, 5.74) is 6.81. The summed E-state index contributed by atoms with van der Waals surface area (Å²) >= 11 is 5.72. The number of nitrogens with one attached hydrogen (secondary N) is 1. The van der Waals surface area contributed by atoms with E-state index in [0.29, 0.717) is 17.1 Å². The number of halogens is 2. The van der Waals surface area contributed by atoms with Crippen LogP contribution >= 0.6 is 11.6 Å². The number of fused-ring (bicyclic) bond motifs is 1.